The summed E-state index contributed by atoms with van der Waals surface area (Å²) in [4.78, 5) is 95.2. The van der Waals surface area contributed by atoms with Crippen molar-refractivity contribution < 1.29 is 71.5 Å². The van der Waals surface area contributed by atoms with Crippen LogP contribution >= 0.6 is 0 Å². The van der Waals surface area contributed by atoms with Gasteiger partial charge in [0, 0.05) is 48.5 Å². The molecule has 0 spiro atoms. The van der Waals surface area contributed by atoms with E-state index in [9.17, 15) is 38.4 Å². The van der Waals surface area contributed by atoms with E-state index in [1.165, 1.54) is 0 Å². The molecular formula is C22H31NO15. The molecule has 0 rings (SSSR count). The number of carbonyl (C=O) groups excluding carboxylic acids is 8. The first-order valence-corrected chi connectivity index (χ1v) is 10.9. The van der Waals surface area contributed by atoms with Gasteiger partial charge in [-0.2, -0.15) is 0 Å². The van der Waals surface area contributed by atoms with E-state index in [0.29, 0.717) is 0 Å². The molecule has 0 unspecified atom stereocenters. The fraction of sp³-hybridized carbons (Fsp3) is 0.636. The fourth-order valence-electron chi connectivity index (χ4n) is 3.14. The van der Waals surface area contributed by atoms with Gasteiger partial charge in [0.1, 0.15) is 6.61 Å². The van der Waals surface area contributed by atoms with Crippen molar-refractivity contribution in [1.29, 1.82) is 0 Å². The maximum Gasteiger partial charge on any atom is 0.303 e. The molecule has 16 heteroatoms. The standard InChI is InChI=1S/C22H31NO15/c1-9(24)32-8-16(33-10(2)25)17(34-11(3)26)18(35-12(4)27)19(36-13(5)28)20(37-14(6)29)21(22(23)31)38-15(7)30/h16-21H,8H2,1-7H3,(H2,23,31)/t16-,17-,18-,19-,20-,21-/m0/s1. The van der Waals surface area contributed by atoms with Gasteiger partial charge >= 0.3 is 41.8 Å². The number of amides is 1. The summed E-state index contributed by atoms with van der Waals surface area (Å²) in [5.41, 5.74) is 5.33. The largest absolute Gasteiger partial charge is 0.462 e. The first kappa shape index (κ1) is 33.8. The third kappa shape index (κ3) is 12.6. The number of rotatable bonds is 14. The lowest BCUT2D eigenvalue weighted by Gasteiger charge is -2.39. The summed E-state index contributed by atoms with van der Waals surface area (Å²) in [7, 11) is 0. The molecule has 0 fully saturated rings. The molecular weight excluding hydrogens is 518 g/mol. The maximum atomic E-state index is 12.2. The second-order valence-corrected chi connectivity index (χ2v) is 7.68. The number of nitrogens with two attached hydrogens (primary N) is 1. The Morgan fingerprint density at radius 3 is 1.16 bits per heavy atom. The summed E-state index contributed by atoms with van der Waals surface area (Å²) in [5.74, 6) is -8.55. The Morgan fingerprint density at radius 1 is 0.474 bits per heavy atom. The Morgan fingerprint density at radius 2 is 0.816 bits per heavy atom. The van der Waals surface area contributed by atoms with Crippen LogP contribution in [0.25, 0.3) is 0 Å². The van der Waals surface area contributed by atoms with E-state index in [-0.39, 0.29) is 0 Å². The zero-order valence-electron chi connectivity index (χ0n) is 21.9. The van der Waals surface area contributed by atoms with Gasteiger partial charge in [0.25, 0.3) is 5.91 Å². The molecule has 0 radical (unpaired) electrons. The van der Waals surface area contributed by atoms with Crippen LogP contribution in [0.3, 0.4) is 0 Å². The maximum absolute atomic E-state index is 12.2. The van der Waals surface area contributed by atoms with Crippen LogP contribution in [0.4, 0.5) is 0 Å². The molecule has 0 aromatic heterocycles. The predicted molar refractivity (Wildman–Crippen MR) is 119 cm³/mol. The van der Waals surface area contributed by atoms with Crippen molar-refractivity contribution in [3.05, 3.63) is 0 Å². The van der Waals surface area contributed by atoms with Gasteiger partial charge in [0.15, 0.2) is 30.5 Å². The third-order valence-electron chi connectivity index (χ3n) is 4.19. The Balaban J connectivity index is 7.22. The van der Waals surface area contributed by atoms with E-state index in [2.05, 4.69) is 0 Å². The minimum absolute atomic E-state index is 0.751. The molecule has 16 nitrogen and oxygen atoms in total. The molecule has 0 aromatic rings. The summed E-state index contributed by atoms with van der Waals surface area (Å²) in [6, 6.07) is 0. The van der Waals surface area contributed by atoms with E-state index >= 15 is 0 Å². The SMILES string of the molecule is CC(=O)OC[C@H](OC(C)=O)[C@H](OC(C)=O)[C@H](OC(C)=O)[C@H](OC(C)=O)[C@H](OC(C)=O)[C@H](OC(C)=O)C(N)=O. The summed E-state index contributed by atoms with van der Waals surface area (Å²) in [5, 5.41) is 0. The molecule has 38 heavy (non-hydrogen) atoms. The van der Waals surface area contributed by atoms with Gasteiger partial charge in [-0.1, -0.05) is 0 Å². The molecule has 0 aliphatic heterocycles. The number of hydrogen-bond donors (Lipinski definition) is 1. The Bertz CT molecular complexity index is 930. The topological polar surface area (TPSA) is 227 Å². The van der Waals surface area contributed by atoms with Gasteiger partial charge in [0.05, 0.1) is 0 Å². The average molecular weight is 549 g/mol. The Labute approximate surface area is 217 Å². The van der Waals surface area contributed by atoms with Crippen LogP contribution in [-0.4, -0.2) is 90.9 Å². The van der Waals surface area contributed by atoms with Crippen LogP contribution in [0.1, 0.15) is 48.5 Å². The molecule has 0 bridgehead atoms. The van der Waals surface area contributed by atoms with E-state index < -0.39 is 90.9 Å². The molecule has 6 atom stereocenters. The van der Waals surface area contributed by atoms with E-state index in [0.717, 1.165) is 48.5 Å². The van der Waals surface area contributed by atoms with Crippen molar-refractivity contribution in [2.24, 2.45) is 5.73 Å². The molecule has 214 valence electrons. The minimum Gasteiger partial charge on any atom is -0.462 e. The van der Waals surface area contributed by atoms with Gasteiger partial charge in [0.2, 0.25) is 6.10 Å². The number of carbonyl (C=O) groups is 8. The van der Waals surface area contributed by atoms with Crippen LogP contribution in [0, 0.1) is 0 Å². The smallest absolute Gasteiger partial charge is 0.303 e. The number of esters is 7. The van der Waals surface area contributed by atoms with Gasteiger partial charge < -0.3 is 38.9 Å². The molecule has 0 saturated heterocycles. The van der Waals surface area contributed by atoms with Crippen LogP contribution in [-0.2, 0) is 71.5 Å². The van der Waals surface area contributed by atoms with Gasteiger partial charge in [-0.05, 0) is 0 Å². The van der Waals surface area contributed by atoms with E-state index in [1.54, 1.807) is 0 Å². The third-order valence-corrected chi connectivity index (χ3v) is 4.19. The zero-order chi connectivity index (χ0) is 29.7. The summed E-state index contributed by atoms with van der Waals surface area (Å²) < 4.78 is 35.6. The van der Waals surface area contributed by atoms with Gasteiger partial charge in [-0.3, -0.25) is 38.4 Å². The van der Waals surface area contributed by atoms with Crippen LogP contribution in [0.2, 0.25) is 0 Å². The zero-order valence-corrected chi connectivity index (χ0v) is 21.9. The highest BCUT2D eigenvalue weighted by Crippen LogP contribution is 2.26. The van der Waals surface area contributed by atoms with Crippen molar-refractivity contribution in [1.82, 2.24) is 0 Å². The highest BCUT2D eigenvalue weighted by molar-refractivity contribution is 5.83. The second-order valence-electron chi connectivity index (χ2n) is 7.68. The molecule has 0 heterocycles. The van der Waals surface area contributed by atoms with Crippen molar-refractivity contribution >= 4 is 47.7 Å². The Kier molecular flexibility index (Phi) is 14.0. The lowest BCUT2D eigenvalue weighted by molar-refractivity contribution is -0.221. The average Bonchev–Trinajstić information content (AvgIpc) is 2.73. The number of primary amides is 1. The summed E-state index contributed by atoms with van der Waals surface area (Å²) >= 11 is 0. The quantitative estimate of drug-likeness (QED) is 0.195. The van der Waals surface area contributed by atoms with Crippen LogP contribution in [0.5, 0.6) is 0 Å². The molecule has 2 N–H and O–H groups in total. The fourth-order valence-corrected chi connectivity index (χ4v) is 3.14. The van der Waals surface area contributed by atoms with Crippen molar-refractivity contribution in [2.45, 2.75) is 85.1 Å². The predicted octanol–water partition coefficient (Wildman–Crippen LogP) is -1.37. The normalized spacial score (nSPS) is 15.1. The highest BCUT2D eigenvalue weighted by atomic mass is 16.7. The van der Waals surface area contributed by atoms with E-state index in [1.807, 2.05) is 0 Å². The van der Waals surface area contributed by atoms with Crippen molar-refractivity contribution in [2.75, 3.05) is 6.61 Å². The number of hydrogen-bond acceptors (Lipinski definition) is 15. The number of ether oxygens (including phenoxy) is 7. The summed E-state index contributed by atoms with van der Waals surface area (Å²) in [6.07, 6.45) is -11.9. The van der Waals surface area contributed by atoms with E-state index in [4.69, 9.17) is 38.9 Å². The van der Waals surface area contributed by atoms with Gasteiger partial charge in [-0.15, -0.1) is 0 Å². The first-order chi connectivity index (χ1) is 17.5. The minimum atomic E-state index is -2.11. The first-order valence-electron chi connectivity index (χ1n) is 10.9. The lowest BCUT2D eigenvalue weighted by Crippen LogP contribution is -2.61. The van der Waals surface area contributed by atoms with Crippen LogP contribution < -0.4 is 5.73 Å². The molecule has 0 aliphatic carbocycles. The van der Waals surface area contributed by atoms with Crippen molar-refractivity contribution in [3.63, 3.8) is 0 Å². The highest BCUT2D eigenvalue weighted by Gasteiger charge is 2.52. The summed E-state index contributed by atoms with van der Waals surface area (Å²) in [6.45, 7) is 5.71. The molecule has 0 aromatic carbocycles. The molecule has 0 aliphatic rings. The van der Waals surface area contributed by atoms with Crippen LogP contribution in [0.15, 0.2) is 0 Å². The van der Waals surface area contributed by atoms with Gasteiger partial charge in [-0.25, -0.2) is 0 Å². The van der Waals surface area contributed by atoms with Crippen molar-refractivity contribution in [3.8, 4) is 0 Å². The lowest BCUT2D eigenvalue weighted by atomic mass is 9.94. The Hall–Kier alpha value is -4.24. The monoisotopic (exact) mass is 549 g/mol. The molecule has 1 amide bonds. The second kappa shape index (κ2) is 15.8. The molecule has 0 saturated carbocycles.